The van der Waals surface area contributed by atoms with E-state index in [1.54, 1.807) is 0 Å². The van der Waals surface area contributed by atoms with Crippen LogP contribution < -0.4 is 0 Å². The molecule has 1 aliphatic carbocycles. The Morgan fingerprint density at radius 1 is 1.67 bits per heavy atom. The molecule has 0 amide bonds. The summed E-state index contributed by atoms with van der Waals surface area (Å²) in [6, 6.07) is 0. The summed E-state index contributed by atoms with van der Waals surface area (Å²) in [5, 5.41) is 3.82. The van der Waals surface area contributed by atoms with E-state index in [-0.39, 0.29) is 11.9 Å². The second-order valence-electron chi connectivity index (χ2n) is 3.71. The minimum Gasteiger partial charge on any atom is -0.370 e. The average Bonchev–Trinajstić information content (AvgIpc) is 2.97. The largest absolute Gasteiger partial charge is 0.370 e. The number of hydrogen-bond acceptors (Lipinski definition) is 3. The molecule has 0 radical (unpaired) electrons. The third-order valence-electron chi connectivity index (χ3n) is 2.53. The monoisotopic (exact) mass is 288 g/mol. The number of carbonyl (C=O) groups is 1. The molecule has 1 aromatic rings. The lowest BCUT2D eigenvalue weighted by Gasteiger charge is -2.14. The van der Waals surface area contributed by atoms with Crippen LogP contribution in [0.2, 0.25) is 0 Å². The fourth-order valence-corrected chi connectivity index (χ4v) is 3.09. The summed E-state index contributed by atoms with van der Waals surface area (Å²) < 4.78 is 6.43. The van der Waals surface area contributed by atoms with Gasteiger partial charge >= 0.3 is 0 Å². The Hall–Kier alpha value is -0.190. The van der Waals surface area contributed by atoms with Gasteiger partial charge in [-0.3, -0.25) is 4.79 Å². The predicted molar refractivity (Wildman–Crippen MR) is 64.5 cm³/mol. The van der Waals surface area contributed by atoms with Crippen molar-refractivity contribution in [3.8, 4) is 0 Å². The standard InChI is InChI=1S/C11H13BrO2S/c1-2-14-11(7-3-4-7)10(13)8-5-15-6-9(8)12/h5-7,11H,2-4H2,1H3. The molecule has 0 spiro atoms. The highest BCUT2D eigenvalue weighted by atomic mass is 79.9. The first kappa shape index (κ1) is 11.3. The second-order valence-corrected chi connectivity index (χ2v) is 5.31. The van der Waals surface area contributed by atoms with Crippen molar-refractivity contribution in [1.82, 2.24) is 0 Å². The van der Waals surface area contributed by atoms with Crippen LogP contribution >= 0.6 is 27.3 Å². The number of ether oxygens (including phenoxy) is 1. The van der Waals surface area contributed by atoms with E-state index in [4.69, 9.17) is 4.74 Å². The molecule has 4 heteroatoms. The van der Waals surface area contributed by atoms with Crippen LogP contribution in [0.5, 0.6) is 0 Å². The molecular weight excluding hydrogens is 276 g/mol. The zero-order chi connectivity index (χ0) is 10.8. The number of thiophene rings is 1. The minimum absolute atomic E-state index is 0.132. The molecule has 0 saturated heterocycles. The molecule has 1 fully saturated rings. The van der Waals surface area contributed by atoms with Crippen molar-refractivity contribution in [3.63, 3.8) is 0 Å². The summed E-state index contributed by atoms with van der Waals surface area (Å²) in [5.74, 6) is 0.580. The molecule has 1 unspecified atom stereocenters. The van der Waals surface area contributed by atoms with E-state index in [0.717, 1.165) is 22.9 Å². The Labute approximate surface area is 102 Å². The van der Waals surface area contributed by atoms with Crippen LogP contribution in [0.1, 0.15) is 30.1 Å². The molecule has 15 heavy (non-hydrogen) atoms. The van der Waals surface area contributed by atoms with E-state index in [1.807, 2.05) is 17.7 Å². The van der Waals surface area contributed by atoms with Gasteiger partial charge in [-0.25, -0.2) is 0 Å². The van der Waals surface area contributed by atoms with Gasteiger partial charge in [0.05, 0.1) is 0 Å². The molecule has 0 bridgehead atoms. The van der Waals surface area contributed by atoms with Crippen molar-refractivity contribution in [3.05, 3.63) is 20.8 Å². The Kier molecular flexibility index (Phi) is 3.59. The zero-order valence-corrected chi connectivity index (χ0v) is 10.9. The quantitative estimate of drug-likeness (QED) is 0.775. The number of Topliss-reactive ketones (excluding diaryl/α,β-unsaturated/α-hetero) is 1. The van der Waals surface area contributed by atoms with E-state index in [2.05, 4.69) is 15.9 Å². The van der Waals surface area contributed by atoms with Gasteiger partial charge in [0.2, 0.25) is 0 Å². The van der Waals surface area contributed by atoms with Gasteiger partial charge in [0.25, 0.3) is 0 Å². The van der Waals surface area contributed by atoms with Gasteiger partial charge in [-0.15, -0.1) is 0 Å². The number of rotatable bonds is 5. The number of ketones is 1. The SMILES string of the molecule is CCOC(C(=O)c1cscc1Br)C1CC1. The van der Waals surface area contributed by atoms with Crippen molar-refractivity contribution >= 4 is 33.0 Å². The summed E-state index contributed by atoms with van der Waals surface area (Å²) in [4.78, 5) is 12.1. The molecule has 1 heterocycles. The molecule has 1 atom stereocenters. The predicted octanol–water partition coefficient (Wildman–Crippen LogP) is 3.51. The molecule has 0 N–H and O–H groups in total. The fraction of sp³-hybridized carbons (Fsp3) is 0.545. The third-order valence-corrected chi connectivity index (χ3v) is 4.24. The van der Waals surface area contributed by atoms with E-state index >= 15 is 0 Å². The highest BCUT2D eigenvalue weighted by Gasteiger charge is 2.37. The fourth-order valence-electron chi connectivity index (χ4n) is 1.61. The van der Waals surface area contributed by atoms with Crippen LogP contribution in [0.25, 0.3) is 0 Å². The molecule has 1 saturated carbocycles. The van der Waals surface area contributed by atoms with Gasteiger partial charge in [0, 0.05) is 27.4 Å². The maximum absolute atomic E-state index is 12.1. The van der Waals surface area contributed by atoms with Crippen molar-refractivity contribution in [1.29, 1.82) is 0 Å². The summed E-state index contributed by atoms with van der Waals surface area (Å²) in [5.41, 5.74) is 0.769. The topological polar surface area (TPSA) is 26.3 Å². The molecule has 2 rings (SSSR count). The Morgan fingerprint density at radius 3 is 2.87 bits per heavy atom. The van der Waals surface area contributed by atoms with Crippen LogP contribution in [0.15, 0.2) is 15.2 Å². The lowest BCUT2D eigenvalue weighted by atomic mass is 10.1. The lowest BCUT2D eigenvalue weighted by Crippen LogP contribution is -2.26. The minimum atomic E-state index is -0.221. The molecular formula is C11H13BrO2S. The van der Waals surface area contributed by atoms with Crippen molar-refractivity contribution in [2.24, 2.45) is 5.92 Å². The first-order valence-corrected chi connectivity index (χ1v) is 6.85. The van der Waals surface area contributed by atoms with Crippen LogP contribution in [-0.2, 0) is 4.74 Å². The lowest BCUT2D eigenvalue weighted by molar-refractivity contribution is 0.0374. The maximum Gasteiger partial charge on any atom is 0.193 e. The maximum atomic E-state index is 12.1. The van der Waals surface area contributed by atoms with Crippen molar-refractivity contribution < 1.29 is 9.53 Å². The first-order valence-electron chi connectivity index (χ1n) is 5.11. The van der Waals surface area contributed by atoms with Crippen LogP contribution in [-0.4, -0.2) is 18.5 Å². The molecule has 0 aliphatic heterocycles. The third kappa shape index (κ3) is 2.49. The van der Waals surface area contributed by atoms with Crippen LogP contribution in [0.4, 0.5) is 0 Å². The van der Waals surface area contributed by atoms with Gasteiger partial charge in [-0.2, -0.15) is 11.3 Å². The molecule has 1 aromatic heterocycles. The number of halogens is 1. The van der Waals surface area contributed by atoms with E-state index in [1.165, 1.54) is 11.3 Å². The normalized spacial score (nSPS) is 17.7. The van der Waals surface area contributed by atoms with Gasteiger partial charge < -0.3 is 4.74 Å². The summed E-state index contributed by atoms with van der Waals surface area (Å²) in [6.45, 7) is 2.54. The number of carbonyl (C=O) groups excluding carboxylic acids is 1. The van der Waals surface area contributed by atoms with Gasteiger partial charge in [-0.1, -0.05) is 0 Å². The Balaban J connectivity index is 2.14. The van der Waals surface area contributed by atoms with E-state index in [9.17, 15) is 4.79 Å². The van der Waals surface area contributed by atoms with E-state index < -0.39 is 0 Å². The first-order chi connectivity index (χ1) is 7.24. The smallest absolute Gasteiger partial charge is 0.193 e. The Morgan fingerprint density at radius 2 is 2.40 bits per heavy atom. The van der Waals surface area contributed by atoms with Crippen LogP contribution in [0.3, 0.4) is 0 Å². The van der Waals surface area contributed by atoms with Gasteiger partial charge in [0.1, 0.15) is 6.10 Å². The second kappa shape index (κ2) is 4.76. The molecule has 1 aliphatic rings. The Bertz CT molecular complexity index is 357. The van der Waals surface area contributed by atoms with Gasteiger partial charge in [-0.05, 0) is 41.6 Å². The summed E-state index contributed by atoms with van der Waals surface area (Å²) in [6.07, 6.45) is 2.02. The average molecular weight is 289 g/mol. The molecule has 82 valence electrons. The van der Waals surface area contributed by atoms with Crippen molar-refractivity contribution in [2.75, 3.05) is 6.61 Å². The number of hydrogen-bond donors (Lipinski definition) is 0. The van der Waals surface area contributed by atoms with E-state index in [0.29, 0.717) is 12.5 Å². The van der Waals surface area contributed by atoms with Crippen molar-refractivity contribution in [2.45, 2.75) is 25.9 Å². The zero-order valence-electron chi connectivity index (χ0n) is 8.53. The highest BCUT2D eigenvalue weighted by Crippen LogP contribution is 2.37. The molecule has 0 aromatic carbocycles. The molecule has 2 nitrogen and oxygen atoms in total. The summed E-state index contributed by atoms with van der Waals surface area (Å²) >= 11 is 4.93. The van der Waals surface area contributed by atoms with Crippen LogP contribution in [0, 0.1) is 5.92 Å². The summed E-state index contributed by atoms with van der Waals surface area (Å²) in [7, 11) is 0. The highest BCUT2D eigenvalue weighted by molar-refractivity contribution is 9.10. The van der Waals surface area contributed by atoms with Gasteiger partial charge in [0.15, 0.2) is 5.78 Å².